The third-order valence-electron chi connectivity index (χ3n) is 3.28. The second kappa shape index (κ2) is 5.76. The smallest absolute Gasteiger partial charge is 0.175 e. The normalized spacial score (nSPS) is 13.3. The van der Waals surface area contributed by atoms with Crippen LogP contribution in [-0.2, 0) is 16.4 Å². The largest absolute Gasteiger partial charge is 0.334 e. The van der Waals surface area contributed by atoms with Gasteiger partial charge in [0.1, 0.15) is 5.82 Å². The first-order valence-corrected chi connectivity index (χ1v) is 8.34. The van der Waals surface area contributed by atoms with Crippen LogP contribution < -0.4 is 5.32 Å². The van der Waals surface area contributed by atoms with Crippen molar-refractivity contribution in [1.29, 1.82) is 0 Å². The van der Waals surface area contributed by atoms with Crippen molar-refractivity contribution >= 4 is 9.84 Å². The lowest BCUT2D eigenvalue weighted by Gasteiger charge is -2.17. The number of nitrogens with one attached hydrogen (secondary N) is 1. The van der Waals surface area contributed by atoms with E-state index < -0.39 is 9.84 Å². The quantitative estimate of drug-likeness (QED) is 0.910. The van der Waals surface area contributed by atoms with E-state index in [4.69, 9.17) is 0 Å². The Kier molecular flexibility index (Phi) is 4.25. The first kappa shape index (κ1) is 14.7. The molecule has 0 aliphatic heterocycles. The lowest BCUT2D eigenvalue weighted by molar-refractivity contribution is 0.589. The van der Waals surface area contributed by atoms with Crippen LogP contribution in [0.4, 0.5) is 0 Å². The molecule has 0 aliphatic rings. The van der Waals surface area contributed by atoms with Crippen LogP contribution in [0.5, 0.6) is 0 Å². The average molecular weight is 293 g/mol. The van der Waals surface area contributed by atoms with Crippen molar-refractivity contribution in [3.63, 3.8) is 0 Å². The Morgan fingerprint density at radius 1 is 1.30 bits per heavy atom. The molecule has 6 heteroatoms. The molecule has 1 aromatic carbocycles. The van der Waals surface area contributed by atoms with Crippen molar-refractivity contribution in [2.75, 3.05) is 13.3 Å². The third kappa shape index (κ3) is 2.91. The summed E-state index contributed by atoms with van der Waals surface area (Å²) in [5.41, 5.74) is 0.987. The summed E-state index contributed by atoms with van der Waals surface area (Å²) in [6.07, 6.45) is 4.92. The van der Waals surface area contributed by atoms with E-state index >= 15 is 0 Å². The zero-order valence-corrected chi connectivity index (χ0v) is 12.7. The van der Waals surface area contributed by atoms with Crippen LogP contribution in [0.25, 0.3) is 0 Å². The van der Waals surface area contributed by atoms with Crippen LogP contribution in [0.3, 0.4) is 0 Å². The number of aromatic nitrogens is 2. The zero-order chi connectivity index (χ0) is 14.8. The number of aryl methyl sites for hydroxylation is 1. The minimum absolute atomic E-state index is 0.0569. The molecule has 0 spiro atoms. The van der Waals surface area contributed by atoms with E-state index in [-0.39, 0.29) is 6.04 Å². The standard InChI is InChI=1S/C14H19N3O2S/c1-4-17-10-9-16-14(17)13(15-2)11-5-7-12(8-6-11)20(3,18)19/h5-10,13,15H,4H2,1-3H3. The van der Waals surface area contributed by atoms with Gasteiger partial charge < -0.3 is 9.88 Å². The van der Waals surface area contributed by atoms with Crippen molar-refractivity contribution < 1.29 is 8.42 Å². The number of imidazole rings is 1. The maximum Gasteiger partial charge on any atom is 0.175 e. The zero-order valence-electron chi connectivity index (χ0n) is 11.9. The van der Waals surface area contributed by atoms with Crippen LogP contribution in [0, 0.1) is 0 Å². The van der Waals surface area contributed by atoms with Gasteiger partial charge in [-0.15, -0.1) is 0 Å². The van der Waals surface area contributed by atoms with Crippen molar-refractivity contribution in [2.24, 2.45) is 0 Å². The molecular weight excluding hydrogens is 274 g/mol. The molecule has 2 aromatic rings. The molecule has 5 nitrogen and oxygen atoms in total. The van der Waals surface area contributed by atoms with Gasteiger partial charge in [-0.05, 0) is 31.7 Å². The molecule has 0 saturated carbocycles. The van der Waals surface area contributed by atoms with E-state index in [2.05, 4.69) is 21.8 Å². The van der Waals surface area contributed by atoms with Gasteiger partial charge in [0.05, 0.1) is 10.9 Å². The summed E-state index contributed by atoms with van der Waals surface area (Å²) in [6.45, 7) is 2.90. The molecule has 1 N–H and O–H groups in total. The number of benzene rings is 1. The summed E-state index contributed by atoms with van der Waals surface area (Å²) in [4.78, 5) is 4.72. The molecule has 0 amide bonds. The van der Waals surface area contributed by atoms with Gasteiger partial charge in [0, 0.05) is 25.2 Å². The fourth-order valence-electron chi connectivity index (χ4n) is 2.20. The second-order valence-corrected chi connectivity index (χ2v) is 6.65. The molecule has 2 rings (SSSR count). The Bertz CT molecular complexity index is 675. The van der Waals surface area contributed by atoms with Gasteiger partial charge in [-0.2, -0.15) is 0 Å². The Balaban J connectivity index is 2.38. The lowest BCUT2D eigenvalue weighted by atomic mass is 10.1. The maximum absolute atomic E-state index is 11.5. The Hall–Kier alpha value is -1.66. The third-order valence-corrected chi connectivity index (χ3v) is 4.41. The number of nitrogens with zero attached hydrogens (tertiary/aromatic N) is 2. The highest BCUT2D eigenvalue weighted by Crippen LogP contribution is 2.22. The predicted octanol–water partition coefficient (Wildman–Crippen LogP) is 1.62. The minimum atomic E-state index is -3.16. The number of rotatable bonds is 5. The highest BCUT2D eigenvalue weighted by molar-refractivity contribution is 7.90. The van der Waals surface area contributed by atoms with Gasteiger partial charge in [0.15, 0.2) is 9.84 Å². The maximum atomic E-state index is 11.5. The van der Waals surface area contributed by atoms with Crippen LogP contribution in [-0.4, -0.2) is 31.3 Å². The molecular formula is C14H19N3O2S. The van der Waals surface area contributed by atoms with Gasteiger partial charge in [0.2, 0.25) is 0 Å². The van der Waals surface area contributed by atoms with Crippen molar-refractivity contribution in [3.8, 4) is 0 Å². The van der Waals surface area contributed by atoms with Crippen molar-refractivity contribution in [1.82, 2.24) is 14.9 Å². The molecule has 0 radical (unpaired) electrons. The molecule has 20 heavy (non-hydrogen) atoms. The van der Waals surface area contributed by atoms with Crippen molar-refractivity contribution in [3.05, 3.63) is 48.0 Å². The van der Waals surface area contributed by atoms with Crippen LogP contribution >= 0.6 is 0 Å². The van der Waals surface area contributed by atoms with E-state index in [1.807, 2.05) is 25.4 Å². The highest BCUT2D eigenvalue weighted by Gasteiger charge is 2.17. The van der Waals surface area contributed by atoms with Crippen molar-refractivity contribution in [2.45, 2.75) is 24.4 Å². The minimum Gasteiger partial charge on any atom is -0.334 e. The van der Waals surface area contributed by atoms with E-state index in [9.17, 15) is 8.42 Å². The molecule has 1 aromatic heterocycles. The average Bonchev–Trinajstić information content (AvgIpc) is 2.87. The predicted molar refractivity (Wildman–Crippen MR) is 78.4 cm³/mol. The fourth-order valence-corrected chi connectivity index (χ4v) is 2.83. The molecule has 0 fully saturated rings. The van der Waals surface area contributed by atoms with Gasteiger partial charge in [0.25, 0.3) is 0 Å². The first-order valence-electron chi connectivity index (χ1n) is 6.45. The fraction of sp³-hybridized carbons (Fsp3) is 0.357. The first-order chi connectivity index (χ1) is 9.47. The lowest BCUT2D eigenvalue weighted by Crippen LogP contribution is -2.21. The van der Waals surface area contributed by atoms with E-state index in [1.54, 1.807) is 18.3 Å². The SMILES string of the molecule is CCn1ccnc1C(NC)c1ccc(S(C)(=O)=O)cc1. The molecule has 1 atom stereocenters. The summed E-state index contributed by atoms with van der Waals surface area (Å²) >= 11 is 0. The topological polar surface area (TPSA) is 64.0 Å². The summed E-state index contributed by atoms with van der Waals surface area (Å²) < 4.78 is 25.0. The summed E-state index contributed by atoms with van der Waals surface area (Å²) in [7, 11) is -1.29. The Morgan fingerprint density at radius 2 is 1.95 bits per heavy atom. The molecule has 1 unspecified atom stereocenters. The number of hydrogen-bond acceptors (Lipinski definition) is 4. The van der Waals surface area contributed by atoms with Crippen LogP contribution in [0.2, 0.25) is 0 Å². The molecule has 108 valence electrons. The van der Waals surface area contributed by atoms with Gasteiger partial charge in [-0.25, -0.2) is 13.4 Å². The Morgan fingerprint density at radius 3 is 2.45 bits per heavy atom. The van der Waals surface area contributed by atoms with Crippen LogP contribution in [0.1, 0.15) is 24.4 Å². The highest BCUT2D eigenvalue weighted by atomic mass is 32.2. The molecule has 1 heterocycles. The van der Waals surface area contributed by atoms with E-state index in [1.165, 1.54) is 6.26 Å². The summed E-state index contributed by atoms with van der Waals surface area (Å²) in [6, 6.07) is 6.86. The Labute approximate surface area is 119 Å². The van der Waals surface area contributed by atoms with Crippen LogP contribution in [0.15, 0.2) is 41.6 Å². The van der Waals surface area contributed by atoms with E-state index in [0.29, 0.717) is 4.90 Å². The monoisotopic (exact) mass is 293 g/mol. The molecule has 0 aliphatic carbocycles. The summed E-state index contributed by atoms with van der Waals surface area (Å²) in [5, 5.41) is 3.22. The van der Waals surface area contributed by atoms with Gasteiger partial charge in [-0.3, -0.25) is 0 Å². The van der Waals surface area contributed by atoms with Gasteiger partial charge in [-0.1, -0.05) is 12.1 Å². The second-order valence-electron chi connectivity index (χ2n) is 4.63. The molecule has 0 saturated heterocycles. The number of hydrogen-bond donors (Lipinski definition) is 1. The molecule has 0 bridgehead atoms. The van der Waals surface area contributed by atoms with E-state index in [0.717, 1.165) is 17.9 Å². The summed E-state index contributed by atoms with van der Waals surface area (Å²) in [5.74, 6) is 0.919. The number of sulfone groups is 1. The van der Waals surface area contributed by atoms with Gasteiger partial charge >= 0.3 is 0 Å².